The third-order valence-corrected chi connectivity index (χ3v) is 4.03. The standard InChI is InChI=1S/C20H26FN3O4/c1-5-16(25)22-10-14-6-8-15(9-7-14)17(26)23-11-20(21)12-24(13-20)18(27)28-19(2,3)4/h5-9H,1,10-13H2,2-4H3,(H,22,25)(H,23,26). The summed E-state index contributed by atoms with van der Waals surface area (Å²) in [5, 5.41) is 5.19. The average molecular weight is 391 g/mol. The van der Waals surface area contributed by atoms with Gasteiger partial charge in [-0.05, 0) is 44.5 Å². The fraction of sp³-hybridized carbons (Fsp3) is 0.450. The van der Waals surface area contributed by atoms with Crippen LogP contribution in [0.4, 0.5) is 9.18 Å². The smallest absolute Gasteiger partial charge is 0.410 e. The predicted octanol–water partition coefficient (Wildman–Crippen LogP) is 2.18. The highest BCUT2D eigenvalue weighted by molar-refractivity contribution is 5.94. The van der Waals surface area contributed by atoms with Gasteiger partial charge < -0.3 is 20.3 Å². The number of carbonyl (C=O) groups is 3. The van der Waals surface area contributed by atoms with E-state index in [9.17, 15) is 18.8 Å². The maximum atomic E-state index is 14.6. The molecule has 0 saturated carbocycles. The summed E-state index contributed by atoms with van der Waals surface area (Å²) < 4.78 is 19.8. The Balaban J connectivity index is 1.79. The Kier molecular flexibility index (Phi) is 6.43. The average Bonchev–Trinajstić information content (AvgIpc) is 2.60. The van der Waals surface area contributed by atoms with Crippen molar-refractivity contribution >= 4 is 17.9 Å². The normalized spacial score (nSPS) is 15.2. The highest BCUT2D eigenvalue weighted by Crippen LogP contribution is 2.26. The van der Waals surface area contributed by atoms with E-state index >= 15 is 0 Å². The lowest BCUT2D eigenvalue weighted by Gasteiger charge is -2.44. The molecule has 2 N–H and O–H groups in total. The lowest BCUT2D eigenvalue weighted by molar-refractivity contribution is -0.116. The van der Waals surface area contributed by atoms with Gasteiger partial charge in [-0.1, -0.05) is 18.7 Å². The van der Waals surface area contributed by atoms with Crippen molar-refractivity contribution in [3.8, 4) is 0 Å². The van der Waals surface area contributed by atoms with Gasteiger partial charge in [-0.3, -0.25) is 9.59 Å². The van der Waals surface area contributed by atoms with Crippen LogP contribution in [0.2, 0.25) is 0 Å². The first-order valence-corrected chi connectivity index (χ1v) is 8.96. The highest BCUT2D eigenvalue weighted by atomic mass is 19.1. The molecule has 7 nitrogen and oxygen atoms in total. The van der Waals surface area contributed by atoms with Gasteiger partial charge in [0.2, 0.25) is 5.91 Å². The summed E-state index contributed by atoms with van der Waals surface area (Å²) in [5.74, 6) is -0.689. The largest absolute Gasteiger partial charge is 0.444 e. The number of likely N-dealkylation sites (tertiary alicyclic amines) is 1. The van der Waals surface area contributed by atoms with Crippen LogP contribution >= 0.6 is 0 Å². The molecule has 0 bridgehead atoms. The molecular weight excluding hydrogens is 365 g/mol. The van der Waals surface area contributed by atoms with E-state index in [4.69, 9.17) is 4.74 Å². The Morgan fingerprint density at radius 3 is 2.36 bits per heavy atom. The molecule has 1 aromatic carbocycles. The number of halogens is 1. The number of alkyl halides is 1. The summed E-state index contributed by atoms with van der Waals surface area (Å²) >= 11 is 0. The Morgan fingerprint density at radius 2 is 1.82 bits per heavy atom. The number of nitrogens with one attached hydrogen (secondary N) is 2. The van der Waals surface area contributed by atoms with E-state index < -0.39 is 23.3 Å². The molecule has 0 unspecified atom stereocenters. The van der Waals surface area contributed by atoms with Gasteiger partial charge in [-0.15, -0.1) is 0 Å². The summed E-state index contributed by atoms with van der Waals surface area (Å²) in [7, 11) is 0. The third kappa shape index (κ3) is 6.07. The Morgan fingerprint density at radius 1 is 1.21 bits per heavy atom. The van der Waals surface area contributed by atoms with Crippen molar-refractivity contribution in [2.75, 3.05) is 19.6 Å². The van der Waals surface area contributed by atoms with Gasteiger partial charge in [0.05, 0.1) is 19.6 Å². The summed E-state index contributed by atoms with van der Waals surface area (Å²) in [4.78, 5) is 36.5. The molecule has 0 aliphatic carbocycles. The van der Waals surface area contributed by atoms with Crippen LogP contribution in [0.3, 0.4) is 0 Å². The second-order valence-corrected chi connectivity index (χ2v) is 7.79. The van der Waals surface area contributed by atoms with Gasteiger partial charge in [0.1, 0.15) is 5.60 Å². The van der Waals surface area contributed by atoms with Crippen molar-refractivity contribution in [3.05, 3.63) is 48.0 Å². The first-order chi connectivity index (χ1) is 13.0. The number of benzene rings is 1. The second kappa shape index (κ2) is 8.41. The van der Waals surface area contributed by atoms with E-state index in [1.165, 1.54) is 11.0 Å². The zero-order valence-corrected chi connectivity index (χ0v) is 16.4. The minimum absolute atomic E-state index is 0.121. The maximum absolute atomic E-state index is 14.6. The molecule has 1 aliphatic rings. The van der Waals surface area contributed by atoms with Gasteiger partial charge in [-0.25, -0.2) is 9.18 Å². The Labute approximate surface area is 163 Å². The topological polar surface area (TPSA) is 87.7 Å². The van der Waals surface area contributed by atoms with Crippen molar-refractivity contribution < 1.29 is 23.5 Å². The van der Waals surface area contributed by atoms with E-state index in [2.05, 4.69) is 17.2 Å². The fourth-order valence-corrected chi connectivity index (χ4v) is 2.58. The Bertz CT molecular complexity index is 750. The molecule has 1 aliphatic heterocycles. The number of hydrogen-bond donors (Lipinski definition) is 2. The van der Waals surface area contributed by atoms with Gasteiger partial charge in [0, 0.05) is 12.1 Å². The van der Waals surface area contributed by atoms with Crippen molar-refractivity contribution in [1.82, 2.24) is 15.5 Å². The van der Waals surface area contributed by atoms with Crippen LogP contribution in [0, 0.1) is 0 Å². The van der Waals surface area contributed by atoms with Crippen molar-refractivity contribution in [3.63, 3.8) is 0 Å². The molecule has 1 aromatic rings. The van der Waals surface area contributed by atoms with Gasteiger partial charge >= 0.3 is 6.09 Å². The van der Waals surface area contributed by atoms with Crippen LogP contribution in [0.15, 0.2) is 36.9 Å². The minimum atomic E-state index is -1.67. The number of ether oxygens (including phenoxy) is 1. The molecule has 28 heavy (non-hydrogen) atoms. The second-order valence-electron chi connectivity index (χ2n) is 7.79. The maximum Gasteiger partial charge on any atom is 0.410 e. The molecule has 0 aromatic heterocycles. The highest BCUT2D eigenvalue weighted by Gasteiger charge is 2.47. The van der Waals surface area contributed by atoms with Crippen LogP contribution in [0.1, 0.15) is 36.7 Å². The zero-order chi connectivity index (χ0) is 20.9. The van der Waals surface area contributed by atoms with E-state index in [0.717, 1.165) is 5.56 Å². The summed E-state index contributed by atoms with van der Waals surface area (Å²) in [6.07, 6.45) is 0.616. The molecule has 2 rings (SSSR count). The van der Waals surface area contributed by atoms with Crippen molar-refractivity contribution in [1.29, 1.82) is 0 Å². The summed E-state index contributed by atoms with van der Waals surface area (Å²) in [6.45, 7) is 8.48. The monoisotopic (exact) mass is 391 g/mol. The van der Waals surface area contributed by atoms with Gasteiger partial charge in [-0.2, -0.15) is 0 Å². The zero-order valence-electron chi connectivity index (χ0n) is 16.4. The fourth-order valence-electron chi connectivity index (χ4n) is 2.58. The van der Waals surface area contributed by atoms with E-state index in [0.29, 0.717) is 12.1 Å². The number of amides is 3. The molecule has 1 saturated heterocycles. The van der Waals surface area contributed by atoms with Crippen LogP contribution in [-0.2, 0) is 16.1 Å². The van der Waals surface area contributed by atoms with E-state index in [1.54, 1.807) is 45.0 Å². The molecule has 1 heterocycles. The molecule has 3 amide bonds. The minimum Gasteiger partial charge on any atom is -0.444 e. The first-order valence-electron chi connectivity index (χ1n) is 8.96. The molecule has 152 valence electrons. The Hall–Kier alpha value is -2.90. The van der Waals surface area contributed by atoms with Crippen molar-refractivity contribution in [2.45, 2.75) is 38.6 Å². The van der Waals surface area contributed by atoms with Gasteiger partial charge in [0.25, 0.3) is 5.91 Å². The van der Waals surface area contributed by atoms with E-state index in [-0.39, 0.29) is 25.5 Å². The number of nitrogens with zero attached hydrogens (tertiary/aromatic N) is 1. The number of rotatable bonds is 6. The molecule has 0 atom stereocenters. The van der Waals surface area contributed by atoms with Crippen LogP contribution < -0.4 is 10.6 Å². The lowest BCUT2D eigenvalue weighted by Crippen LogP contribution is -2.65. The molecule has 8 heteroatoms. The van der Waals surface area contributed by atoms with Gasteiger partial charge in [0.15, 0.2) is 5.67 Å². The van der Waals surface area contributed by atoms with Crippen LogP contribution in [0.5, 0.6) is 0 Å². The van der Waals surface area contributed by atoms with Crippen LogP contribution in [0.25, 0.3) is 0 Å². The lowest BCUT2D eigenvalue weighted by atomic mass is 9.96. The summed E-state index contributed by atoms with van der Waals surface area (Å²) in [6, 6.07) is 6.61. The molecule has 0 radical (unpaired) electrons. The quantitative estimate of drug-likeness (QED) is 0.728. The molecule has 1 fully saturated rings. The summed E-state index contributed by atoms with van der Waals surface area (Å²) in [5.41, 5.74) is -1.10. The number of carbonyl (C=O) groups excluding carboxylic acids is 3. The third-order valence-electron chi connectivity index (χ3n) is 4.03. The predicted molar refractivity (Wildman–Crippen MR) is 102 cm³/mol. The molecular formula is C20H26FN3O4. The van der Waals surface area contributed by atoms with E-state index in [1.807, 2.05) is 0 Å². The number of hydrogen-bond acceptors (Lipinski definition) is 4. The van der Waals surface area contributed by atoms with Crippen LogP contribution in [-0.4, -0.2) is 53.7 Å². The SMILES string of the molecule is C=CC(=O)NCc1ccc(C(=O)NCC2(F)CN(C(=O)OC(C)(C)C)C2)cc1. The molecule has 0 spiro atoms. The van der Waals surface area contributed by atoms with Crippen molar-refractivity contribution in [2.24, 2.45) is 0 Å². The first kappa shape index (κ1) is 21.4.